The first-order valence-corrected chi connectivity index (χ1v) is 6.67. The molecule has 0 aromatic heterocycles. The molecule has 2 nitrogen and oxygen atoms in total. The van der Waals surface area contributed by atoms with Gasteiger partial charge in [-0.1, -0.05) is 11.6 Å². The maximum absolute atomic E-state index is 14.1. The average Bonchev–Trinajstić information content (AvgIpc) is 2.43. The fourth-order valence-electron chi connectivity index (χ4n) is 2.45. The number of nitrogens with one attached hydrogen (secondary N) is 1. The second-order valence-corrected chi connectivity index (χ2v) is 4.94. The molecule has 1 aromatic carbocycles. The van der Waals surface area contributed by atoms with Gasteiger partial charge in [0.2, 0.25) is 0 Å². The van der Waals surface area contributed by atoms with Crippen LogP contribution in [0.5, 0.6) is 0 Å². The monoisotopic (exact) mass is 292 g/mol. The molecule has 1 atom stereocenters. The fourth-order valence-corrected chi connectivity index (χ4v) is 2.62. The second-order valence-electron chi connectivity index (χ2n) is 4.54. The largest absolute Gasteiger partial charge is 0.314 e. The van der Waals surface area contributed by atoms with Crippen LogP contribution < -0.4 is 5.32 Å². The molecule has 1 heterocycles. The predicted octanol–water partition coefficient (Wildman–Crippen LogP) is 2.92. The van der Waals surface area contributed by atoms with Crippen LogP contribution in [0.15, 0.2) is 12.1 Å². The summed E-state index contributed by atoms with van der Waals surface area (Å²) in [6.07, 6.45) is 0.0637. The number of alkyl halides is 1. The molecule has 0 spiro atoms. The molecule has 19 heavy (non-hydrogen) atoms. The normalized spacial score (nSPS) is 18.5. The van der Waals surface area contributed by atoms with E-state index in [9.17, 15) is 13.2 Å². The van der Waals surface area contributed by atoms with E-state index in [2.05, 4.69) is 5.32 Å². The molecule has 1 N–H and O–H groups in total. The minimum atomic E-state index is -0.779. The van der Waals surface area contributed by atoms with Crippen molar-refractivity contribution in [2.45, 2.75) is 12.5 Å². The SMILES string of the molecule is FCC[C@@H](c1c(F)ccc(Cl)c1F)N1CCNCC1. The summed E-state index contributed by atoms with van der Waals surface area (Å²) >= 11 is 5.70. The number of rotatable bonds is 4. The van der Waals surface area contributed by atoms with Crippen molar-refractivity contribution in [3.05, 3.63) is 34.4 Å². The van der Waals surface area contributed by atoms with Crippen LogP contribution in [0.4, 0.5) is 13.2 Å². The van der Waals surface area contributed by atoms with Crippen molar-refractivity contribution >= 4 is 11.6 Å². The van der Waals surface area contributed by atoms with Crippen LogP contribution >= 0.6 is 11.6 Å². The molecule has 1 saturated heterocycles. The smallest absolute Gasteiger partial charge is 0.149 e. The van der Waals surface area contributed by atoms with Gasteiger partial charge in [-0.05, 0) is 18.6 Å². The molecule has 2 rings (SSSR count). The van der Waals surface area contributed by atoms with Gasteiger partial charge >= 0.3 is 0 Å². The number of halogens is 4. The van der Waals surface area contributed by atoms with Gasteiger partial charge in [0, 0.05) is 37.8 Å². The number of piperazine rings is 1. The van der Waals surface area contributed by atoms with E-state index in [0.29, 0.717) is 13.1 Å². The van der Waals surface area contributed by atoms with Gasteiger partial charge in [-0.25, -0.2) is 8.78 Å². The first kappa shape index (κ1) is 14.6. The van der Waals surface area contributed by atoms with Crippen LogP contribution in [0.25, 0.3) is 0 Å². The Kier molecular flexibility index (Phi) is 5.07. The zero-order chi connectivity index (χ0) is 13.8. The lowest BCUT2D eigenvalue weighted by atomic mass is 10.0. The van der Waals surface area contributed by atoms with Crippen molar-refractivity contribution in [3.8, 4) is 0 Å². The number of hydrogen-bond acceptors (Lipinski definition) is 2. The van der Waals surface area contributed by atoms with Gasteiger partial charge < -0.3 is 5.32 Å². The maximum atomic E-state index is 14.1. The third-order valence-corrected chi connectivity index (χ3v) is 3.68. The molecule has 0 bridgehead atoms. The van der Waals surface area contributed by atoms with E-state index < -0.39 is 24.4 Å². The lowest BCUT2D eigenvalue weighted by molar-refractivity contribution is 0.151. The van der Waals surface area contributed by atoms with Crippen LogP contribution in [0.2, 0.25) is 5.02 Å². The Bertz CT molecular complexity index is 436. The molecule has 1 fully saturated rings. The highest BCUT2D eigenvalue weighted by molar-refractivity contribution is 6.30. The van der Waals surface area contributed by atoms with Gasteiger partial charge in [0.15, 0.2) is 0 Å². The molecule has 1 aliphatic heterocycles. The average molecular weight is 293 g/mol. The van der Waals surface area contributed by atoms with E-state index >= 15 is 0 Å². The third-order valence-electron chi connectivity index (χ3n) is 3.39. The van der Waals surface area contributed by atoms with Crippen LogP contribution in [-0.2, 0) is 0 Å². The Morgan fingerprint density at radius 2 is 1.95 bits per heavy atom. The fraction of sp³-hybridized carbons (Fsp3) is 0.538. The first-order chi connectivity index (χ1) is 9.15. The molecule has 0 unspecified atom stereocenters. The minimum absolute atomic E-state index is 0.0637. The van der Waals surface area contributed by atoms with Crippen LogP contribution in [-0.4, -0.2) is 37.8 Å². The summed E-state index contributed by atoms with van der Waals surface area (Å²) in [5.41, 5.74) is -0.118. The number of benzene rings is 1. The first-order valence-electron chi connectivity index (χ1n) is 6.29. The quantitative estimate of drug-likeness (QED) is 0.859. The summed E-state index contributed by atoms with van der Waals surface area (Å²) in [5, 5.41) is 3.03. The summed E-state index contributed by atoms with van der Waals surface area (Å²) in [6, 6.07) is 1.71. The van der Waals surface area contributed by atoms with E-state index in [1.807, 2.05) is 4.90 Å². The van der Waals surface area contributed by atoms with Gasteiger partial charge in [-0.15, -0.1) is 0 Å². The molecule has 106 valence electrons. The Hall–Kier alpha value is -0.780. The summed E-state index contributed by atoms with van der Waals surface area (Å²) in [6.45, 7) is 2.10. The van der Waals surface area contributed by atoms with Crippen molar-refractivity contribution in [1.29, 1.82) is 0 Å². The molecule has 0 radical (unpaired) electrons. The standard InChI is InChI=1S/C13H16ClF3N2/c14-9-1-2-10(16)12(13(9)17)11(3-4-15)19-7-5-18-6-8-19/h1-2,11,18H,3-8H2/t11-/m0/s1. The van der Waals surface area contributed by atoms with Gasteiger partial charge in [0.1, 0.15) is 11.6 Å². The molecule has 0 aliphatic carbocycles. The molecule has 6 heteroatoms. The van der Waals surface area contributed by atoms with Crippen molar-refractivity contribution in [2.75, 3.05) is 32.9 Å². The molecular formula is C13H16ClF3N2. The zero-order valence-corrected chi connectivity index (χ0v) is 11.2. The summed E-state index contributed by atoms with van der Waals surface area (Å²) < 4.78 is 40.7. The van der Waals surface area contributed by atoms with E-state index in [1.54, 1.807) is 0 Å². The van der Waals surface area contributed by atoms with Crippen LogP contribution in [0.3, 0.4) is 0 Å². The molecule has 0 amide bonds. The van der Waals surface area contributed by atoms with Crippen molar-refractivity contribution in [2.24, 2.45) is 0 Å². The van der Waals surface area contributed by atoms with Gasteiger partial charge in [-0.3, -0.25) is 9.29 Å². The molecule has 1 aromatic rings. The zero-order valence-electron chi connectivity index (χ0n) is 10.4. The Morgan fingerprint density at radius 3 is 2.58 bits per heavy atom. The Morgan fingerprint density at radius 1 is 1.26 bits per heavy atom. The maximum Gasteiger partial charge on any atom is 0.149 e. The Labute approximate surface area is 115 Å². The number of hydrogen-bond donors (Lipinski definition) is 1. The Balaban J connectivity index is 2.35. The highest BCUT2D eigenvalue weighted by atomic mass is 35.5. The van der Waals surface area contributed by atoms with Gasteiger partial charge in [0.05, 0.1) is 11.7 Å². The minimum Gasteiger partial charge on any atom is -0.314 e. The highest BCUT2D eigenvalue weighted by Crippen LogP contribution is 2.32. The lowest BCUT2D eigenvalue weighted by Gasteiger charge is -2.35. The van der Waals surface area contributed by atoms with E-state index in [0.717, 1.165) is 19.2 Å². The van der Waals surface area contributed by atoms with Crippen LogP contribution in [0, 0.1) is 11.6 Å². The summed E-state index contributed by atoms with van der Waals surface area (Å²) in [7, 11) is 0. The predicted molar refractivity (Wildman–Crippen MR) is 69.1 cm³/mol. The van der Waals surface area contributed by atoms with Crippen molar-refractivity contribution in [3.63, 3.8) is 0 Å². The summed E-state index contributed by atoms with van der Waals surface area (Å²) in [4.78, 5) is 1.90. The number of nitrogens with zero attached hydrogens (tertiary/aromatic N) is 1. The van der Waals surface area contributed by atoms with Crippen LogP contribution in [0.1, 0.15) is 18.0 Å². The van der Waals surface area contributed by atoms with Crippen molar-refractivity contribution in [1.82, 2.24) is 10.2 Å². The molecular weight excluding hydrogens is 277 g/mol. The third kappa shape index (κ3) is 3.22. The second kappa shape index (κ2) is 6.59. The summed E-state index contributed by atoms with van der Waals surface area (Å²) in [5.74, 6) is -1.45. The molecule has 0 saturated carbocycles. The van der Waals surface area contributed by atoms with Gasteiger partial charge in [0.25, 0.3) is 0 Å². The topological polar surface area (TPSA) is 15.3 Å². The van der Waals surface area contributed by atoms with E-state index in [4.69, 9.17) is 11.6 Å². The molecule has 1 aliphatic rings. The van der Waals surface area contributed by atoms with Gasteiger partial charge in [-0.2, -0.15) is 0 Å². The van der Waals surface area contributed by atoms with E-state index in [1.165, 1.54) is 6.07 Å². The van der Waals surface area contributed by atoms with E-state index in [-0.39, 0.29) is 17.0 Å². The lowest BCUT2D eigenvalue weighted by Crippen LogP contribution is -2.45. The highest BCUT2D eigenvalue weighted by Gasteiger charge is 2.28. The van der Waals surface area contributed by atoms with Crippen molar-refractivity contribution < 1.29 is 13.2 Å².